The molecule has 0 spiro atoms. The van der Waals surface area contributed by atoms with Crippen LogP contribution in [-0.2, 0) is 12.8 Å². The number of halogens is 1. The molecule has 3 N–H and O–H groups in total. The van der Waals surface area contributed by atoms with E-state index in [1.54, 1.807) is 6.26 Å². The SMILES string of the molecule is NNC(c1occc1Br)C1Cc2ccccc2C1. The lowest BCUT2D eigenvalue weighted by Gasteiger charge is -2.20. The molecule has 1 aromatic heterocycles. The van der Waals surface area contributed by atoms with Gasteiger partial charge in [-0.1, -0.05) is 24.3 Å². The Labute approximate surface area is 114 Å². The van der Waals surface area contributed by atoms with Crippen molar-refractivity contribution < 1.29 is 4.42 Å². The molecule has 1 aliphatic rings. The van der Waals surface area contributed by atoms with Crippen molar-refractivity contribution in [3.8, 4) is 0 Å². The van der Waals surface area contributed by atoms with Crippen LogP contribution in [0.15, 0.2) is 45.5 Å². The topological polar surface area (TPSA) is 51.2 Å². The van der Waals surface area contributed by atoms with Gasteiger partial charge in [-0.05, 0) is 51.9 Å². The molecular weight excluding hydrogens is 292 g/mol. The van der Waals surface area contributed by atoms with Crippen LogP contribution in [-0.4, -0.2) is 0 Å². The van der Waals surface area contributed by atoms with Gasteiger partial charge in [0, 0.05) is 0 Å². The molecule has 0 saturated carbocycles. The van der Waals surface area contributed by atoms with Gasteiger partial charge in [-0.3, -0.25) is 5.84 Å². The van der Waals surface area contributed by atoms with Gasteiger partial charge in [0.05, 0.1) is 16.8 Å². The van der Waals surface area contributed by atoms with Crippen molar-refractivity contribution in [3.05, 3.63) is 58.0 Å². The summed E-state index contributed by atoms with van der Waals surface area (Å²) >= 11 is 3.50. The first-order valence-electron chi connectivity index (χ1n) is 6.05. The van der Waals surface area contributed by atoms with Gasteiger partial charge < -0.3 is 4.42 Å². The molecule has 3 rings (SSSR count). The van der Waals surface area contributed by atoms with Gasteiger partial charge in [0.1, 0.15) is 5.76 Å². The average Bonchev–Trinajstić information content (AvgIpc) is 2.97. The van der Waals surface area contributed by atoms with Gasteiger partial charge in [-0.25, -0.2) is 5.43 Å². The molecule has 18 heavy (non-hydrogen) atoms. The van der Waals surface area contributed by atoms with Crippen molar-refractivity contribution in [1.82, 2.24) is 5.43 Å². The summed E-state index contributed by atoms with van der Waals surface area (Å²) in [4.78, 5) is 0. The molecule has 0 aliphatic heterocycles. The molecule has 3 nitrogen and oxygen atoms in total. The van der Waals surface area contributed by atoms with E-state index in [1.807, 2.05) is 6.07 Å². The lowest BCUT2D eigenvalue weighted by molar-refractivity contribution is 0.318. The molecule has 0 bridgehead atoms. The summed E-state index contributed by atoms with van der Waals surface area (Å²) in [5.41, 5.74) is 5.74. The van der Waals surface area contributed by atoms with E-state index in [9.17, 15) is 0 Å². The Hall–Kier alpha value is -1.10. The molecular formula is C14H15BrN2O. The van der Waals surface area contributed by atoms with Crippen molar-refractivity contribution in [2.24, 2.45) is 11.8 Å². The molecule has 0 amide bonds. The van der Waals surface area contributed by atoms with Gasteiger partial charge >= 0.3 is 0 Å². The fourth-order valence-corrected chi connectivity index (χ4v) is 3.23. The minimum absolute atomic E-state index is 0.0433. The lowest BCUT2D eigenvalue weighted by Crippen LogP contribution is -2.34. The van der Waals surface area contributed by atoms with Crippen LogP contribution in [0.3, 0.4) is 0 Å². The first-order valence-corrected chi connectivity index (χ1v) is 6.84. The van der Waals surface area contributed by atoms with Crippen molar-refractivity contribution in [2.75, 3.05) is 0 Å². The molecule has 1 unspecified atom stereocenters. The van der Waals surface area contributed by atoms with Gasteiger partial charge in [-0.2, -0.15) is 0 Å². The number of fused-ring (bicyclic) bond motifs is 1. The number of hydrazine groups is 1. The predicted octanol–water partition coefficient (Wildman–Crippen LogP) is 2.96. The third kappa shape index (κ3) is 2.00. The number of rotatable bonds is 3. The first-order chi connectivity index (χ1) is 8.79. The fourth-order valence-electron chi connectivity index (χ4n) is 2.78. The zero-order valence-electron chi connectivity index (χ0n) is 9.90. The highest BCUT2D eigenvalue weighted by Crippen LogP contribution is 2.37. The van der Waals surface area contributed by atoms with Crippen LogP contribution >= 0.6 is 15.9 Å². The van der Waals surface area contributed by atoms with Crippen LogP contribution in [0.2, 0.25) is 0 Å². The third-order valence-electron chi connectivity index (χ3n) is 3.66. The maximum Gasteiger partial charge on any atom is 0.136 e. The Kier molecular flexibility index (Phi) is 3.24. The highest BCUT2D eigenvalue weighted by atomic mass is 79.9. The van der Waals surface area contributed by atoms with Crippen molar-refractivity contribution in [1.29, 1.82) is 0 Å². The van der Waals surface area contributed by atoms with Crippen LogP contribution < -0.4 is 11.3 Å². The van der Waals surface area contributed by atoms with Crippen LogP contribution in [0.25, 0.3) is 0 Å². The van der Waals surface area contributed by atoms with Crippen molar-refractivity contribution >= 4 is 15.9 Å². The second-order valence-electron chi connectivity index (χ2n) is 4.71. The molecule has 1 atom stereocenters. The molecule has 94 valence electrons. The van der Waals surface area contributed by atoms with Gasteiger partial charge in [0.2, 0.25) is 0 Å². The third-order valence-corrected chi connectivity index (χ3v) is 4.32. The van der Waals surface area contributed by atoms with Crippen molar-refractivity contribution in [3.63, 3.8) is 0 Å². The highest BCUT2D eigenvalue weighted by molar-refractivity contribution is 9.10. The summed E-state index contributed by atoms with van der Waals surface area (Å²) < 4.78 is 6.51. The molecule has 1 heterocycles. The van der Waals surface area contributed by atoms with E-state index >= 15 is 0 Å². The lowest BCUT2D eigenvalue weighted by atomic mass is 9.95. The molecule has 0 saturated heterocycles. The molecule has 4 heteroatoms. The molecule has 0 fully saturated rings. The quantitative estimate of drug-likeness (QED) is 0.677. The van der Waals surface area contributed by atoms with Gasteiger partial charge in [0.15, 0.2) is 0 Å². The van der Waals surface area contributed by atoms with Crippen LogP contribution in [0, 0.1) is 5.92 Å². The largest absolute Gasteiger partial charge is 0.466 e. The molecule has 1 aromatic carbocycles. The maximum atomic E-state index is 5.72. The minimum Gasteiger partial charge on any atom is -0.466 e. The molecule has 2 aromatic rings. The van der Waals surface area contributed by atoms with E-state index in [2.05, 4.69) is 45.6 Å². The molecule has 1 aliphatic carbocycles. The average molecular weight is 307 g/mol. The second kappa shape index (κ2) is 4.88. The van der Waals surface area contributed by atoms with Gasteiger partial charge in [-0.15, -0.1) is 0 Å². The minimum atomic E-state index is 0.0433. The molecule has 0 radical (unpaired) electrons. The van der Waals surface area contributed by atoms with Crippen LogP contribution in [0.4, 0.5) is 0 Å². The highest BCUT2D eigenvalue weighted by Gasteiger charge is 2.31. The number of hydrogen-bond donors (Lipinski definition) is 2. The normalized spacial score (nSPS) is 16.8. The van der Waals surface area contributed by atoms with E-state index in [0.717, 1.165) is 23.1 Å². The number of hydrogen-bond acceptors (Lipinski definition) is 3. The zero-order chi connectivity index (χ0) is 12.5. The smallest absolute Gasteiger partial charge is 0.136 e. The monoisotopic (exact) mass is 306 g/mol. The Morgan fingerprint density at radius 1 is 1.22 bits per heavy atom. The Morgan fingerprint density at radius 2 is 1.89 bits per heavy atom. The number of benzene rings is 1. The summed E-state index contributed by atoms with van der Waals surface area (Å²) in [6.45, 7) is 0. The standard InChI is InChI=1S/C14H15BrN2O/c15-12-5-6-18-14(12)13(17-16)11-7-9-3-1-2-4-10(9)8-11/h1-6,11,13,17H,7-8,16H2. The fraction of sp³-hybridized carbons (Fsp3) is 0.286. The Bertz CT molecular complexity index is 527. The van der Waals surface area contributed by atoms with E-state index in [1.165, 1.54) is 11.1 Å². The second-order valence-corrected chi connectivity index (χ2v) is 5.57. The van der Waals surface area contributed by atoms with E-state index in [0.29, 0.717) is 5.92 Å². The summed E-state index contributed by atoms with van der Waals surface area (Å²) in [6, 6.07) is 10.5. The van der Waals surface area contributed by atoms with Crippen LogP contribution in [0.5, 0.6) is 0 Å². The number of nitrogens with two attached hydrogens (primary N) is 1. The summed E-state index contributed by atoms with van der Waals surface area (Å²) in [7, 11) is 0. The van der Waals surface area contributed by atoms with Crippen LogP contribution in [0.1, 0.15) is 22.9 Å². The zero-order valence-corrected chi connectivity index (χ0v) is 11.5. The first kappa shape index (κ1) is 12.0. The Morgan fingerprint density at radius 3 is 2.39 bits per heavy atom. The van der Waals surface area contributed by atoms with E-state index < -0.39 is 0 Å². The maximum absolute atomic E-state index is 5.72. The summed E-state index contributed by atoms with van der Waals surface area (Å²) in [6.07, 6.45) is 3.77. The van der Waals surface area contributed by atoms with Crippen molar-refractivity contribution in [2.45, 2.75) is 18.9 Å². The number of nitrogens with one attached hydrogen (secondary N) is 1. The Balaban J connectivity index is 1.86. The summed E-state index contributed by atoms with van der Waals surface area (Å²) in [5.74, 6) is 7.04. The number of furan rings is 1. The van der Waals surface area contributed by atoms with E-state index in [4.69, 9.17) is 10.3 Å². The van der Waals surface area contributed by atoms with Gasteiger partial charge in [0.25, 0.3) is 0 Å². The predicted molar refractivity (Wildman–Crippen MR) is 73.8 cm³/mol. The summed E-state index contributed by atoms with van der Waals surface area (Å²) in [5, 5.41) is 0. The van der Waals surface area contributed by atoms with E-state index in [-0.39, 0.29) is 6.04 Å².